The number of aryl methyl sites for hydroxylation is 1. The van der Waals surface area contributed by atoms with Crippen LogP contribution in [0, 0.1) is 6.92 Å². The second kappa shape index (κ2) is 7.73. The first kappa shape index (κ1) is 19.4. The fourth-order valence-electron chi connectivity index (χ4n) is 2.63. The van der Waals surface area contributed by atoms with E-state index in [0.29, 0.717) is 34.0 Å². The zero-order valence-corrected chi connectivity index (χ0v) is 16.3. The highest BCUT2D eigenvalue weighted by Gasteiger charge is 2.19. The van der Waals surface area contributed by atoms with Gasteiger partial charge in [0.2, 0.25) is 0 Å². The minimum absolute atomic E-state index is 0.0970. The fourth-order valence-corrected chi connectivity index (χ4v) is 3.94. The molecule has 8 nitrogen and oxygen atoms in total. The molecule has 3 aromatic rings. The highest BCUT2D eigenvalue weighted by molar-refractivity contribution is 7.92. The van der Waals surface area contributed by atoms with Crippen LogP contribution in [-0.2, 0) is 10.0 Å². The van der Waals surface area contributed by atoms with Gasteiger partial charge >= 0.3 is 0 Å². The molecule has 0 spiro atoms. The summed E-state index contributed by atoms with van der Waals surface area (Å²) in [5, 5.41) is 6.28. The van der Waals surface area contributed by atoms with Crippen LogP contribution in [0.25, 0.3) is 11.3 Å². The average molecular weight is 401 g/mol. The first-order valence-electron chi connectivity index (χ1n) is 8.25. The van der Waals surface area contributed by atoms with Crippen LogP contribution in [-0.4, -0.2) is 32.8 Å². The molecule has 0 saturated heterocycles. The van der Waals surface area contributed by atoms with Crippen molar-refractivity contribution in [1.82, 2.24) is 10.2 Å². The number of benzene rings is 2. The van der Waals surface area contributed by atoms with E-state index in [1.54, 1.807) is 37.3 Å². The second-order valence-corrected chi connectivity index (χ2v) is 7.64. The Morgan fingerprint density at radius 1 is 0.964 bits per heavy atom. The van der Waals surface area contributed by atoms with Gasteiger partial charge in [0.15, 0.2) is 0 Å². The van der Waals surface area contributed by atoms with Crippen molar-refractivity contribution in [3.05, 3.63) is 64.4 Å². The number of methoxy groups -OCH3 is 2. The summed E-state index contributed by atoms with van der Waals surface area (Å²) in [6, 6.07) is 12.6. The van der Waals surface area contributed by atoms with E-state index in [1.807, 2.05) is 0 Å². The first-order chi connectivity index (χ1) is 13.3. The Morgan fingerprint density at radius 3 is 2.21 bits per heavy atom. The molecule has 2 N–H and O–H groups in total. The summed E-state index contributed by atoms with van der Waals surface area (Å²) in [4.78, 5) is 11.3. The number of aromatic nitrogens is 2. The van der Waals surface area contributed by atoms with Crippen LogP contribution in [0.15, 0.2) is 58.2 Å². The van der Waals surface area contributed by atoms with Crippen molar-refractivity contribution in [2.24, 2.45) is 0 Å². The summed E-state index contributed by atoms with van der Waals surface area (Å²) in [6.07, 6.45) is 0. The van der Waals surface area contributed by atoms with Crippen LogP contribution in [0.4, 0.5) is 5.69 Å². The number of sulfonamides is 1. The molecule has 0 saturated carbocycles. The minimum atomic E-state index is -3.89. The molecule has 28 heavy (non-hydrogen) atoms. The summed E-state index contributed by atoms with van der Waals surface area (Å²) in [6.45, 7) is 1.70. The fraction of sp³-hybridized carbons (Fsp3) is 0.158. The molecule has 0 bridgehead atoms. The molecule has 0 fully saturated rings. The number of ether oxygens (including phenoxy) is 2. The number of H-pyrrole nitrogens is 1. The highest BCUT2D eigenvalue weighted by atomic mass is 32.2. The van der Waals surface area contributed by atoms with Crippen molar-refractivity contribution in [3.8, 4) is 22.8 Å². The molecule has 0 aliphatic rings. The number of aromatic amines is 1. The monoisotopic (exact) mass is 401 g/mol. The molecule has 0 unspecified atom stereocenters. The summed E-state index contributed by atoms with van der Waals surface area (Å²) in [5.41, 5.74) is 1.56. The third kappa shape index (κ3) is 4.15. The van der Waals surface area contributed by atoms with Crippen molar-refractivity contribution >= 4 is 15.7 Å². The van der Waals surface area contributed by atoms with Gasteiger partial charge in [-0.15, -0.1) is 0 Å². The lowest BCUT2D eigenvalue weighted by atomic mass is 10.1. The molecule has 0 aliphatic heterocycles. The van der Waals surface area contributed by atoms with E-state index in [4.69, 9.17) is 9.47 Å². The van der Waals surface area contributed by atoms with E-state index in [0.717, 1.165) is 0 Å². The lowest BCUT2D eigenvalue weighted by Crippen LogP contribution is -2.14. The molecular weight excluding hydrogens is 382 g/mol. The number of nitrogens with one attached hydrogen (secondary N) is 2. The predicted molar refractivity (Wildman–Crippen MR) is 105 cm³/mol. The largest absolute Gasteiger partial charge is 0.497 e. The third-order valence-corrected chi connectivity index (χ3v) is 5.58. The van der Waals surface area contributed by atoms with Gasteiger partial charge in [-0.2, -0.15) is 5.10 Å². The molecule has 1 aromatic heterocycles. The van der Waals surface area contributed by atoms with E-state index in [-0.39, 0.29) is 10.5 Å². The number of hydrogen-bond acceptors (Lipinski definition) is 6. The van der Waals surface area contributed by atoms with Gasteiger partial charge in [-0.05, 0) is 24.6 Å². The van der Waals surface area contributed by atoms with Gasteiger partial charge in [-0.3, -0.25) is 9.52 Å². The van der Waals surface area contributed by atoms with E-state index in [1.165, 1.54) is 32.4 Å². The molecule has 0 amide bonds. The Hall–Kier alpha value is -3.33. The van der Waals surface area contributed by atoms with E-state index >= 15 is 0 Å². The molecule has 2 aromatic carbocycles. The standard InChI is InChI=1S/C19H19N3O5S/c1-12-4-5-13(17-6-7-19(23)21-20-17)8-18(12)28(24,25)22-14-9-15(26-2)11-16(10-14)27-3/h4-11,22H,1-3H3,(H,21,23). The average Bonchev–Trinajstić information content (AvgIpc) is 2.68. The zero-order valence-electron chi connectivity index (χ0n) is 15.5. The quantitative estimate of drug-likeness (QED) is 0.657. The van der Waals surface area contributed by atoms with Crippen molar-refractivity contribution in [2.75, 3.05) is 18.9 Å². The van der Waals surface area contributed by atoms with Crippen LogP contribution in [0.3, 0.4) is 0 Å². The second-order valence-electron chi connectivity index (χ2n) is 5.99. The summed E-state index contributed by atoms with van der Waals surface area (Å²) in [5.74, 6) is 0.917. The normalized spacial score (nSPS) is 11.1. The molecule has 1 heterocycles. The maximum absolute atomic E-state index is 13.0. The Balaban J connectivity index is 2.01. The first-order valence-corrected chi connectivity index (χ1v) is 9.73. The molecule has 0 atom stereocenters. The topological polar surface area (TPSA) is 110 Å². The lowest BCUT2D eigenvalue weighted by Gasteiger charge is -2.13. The summed E-state index contributed by atoms with van der Waals surface area (Å²) in [7, 11) is -0.925. The van der Waals surface area contributed by atoms with E-state index < -0.39 is 10.0 Å². The van der Waals surface area contributed by atoms with Crippen LogP contribution < -0.4 is 19.8 Å². The molecule has 146 valence electrons. The van der Waals surface area contributed by atoms with Crippen molar-refractivity contribution in [2.45, 2.75) is 11.8 Å². The number of nitrogens with zero attached hydrogens (tertiary/aromatic N) is 1. The summed E-state index contributed by atoms with van der Waals surface area (Å²) < 4.78 is 38.9. The highest BCUT2D eigenvalue weighted by Crippen LogP contribution is 2.29. The van der Waals surface area contributed by atoms with Crippen LogP contribution in [0.1, 0.15) is 5.56 Å². The van der Waals surface area contributed by atoms with Crippen molar-refractivity contribution in [1.29, 1.82) is 0 Å². The molecule has 3 rings (SSSR count). The maximum Gasteiger partial charge on any atom is 0.264 e. The van der Waals surface area contributed by atoms with Gasteiger partial charge in [0.25, 0.3) is 15.6 Å². The minimum Gasteiger partial charge on any atom is -0.497 e. The zero-order chi connectivity index (χ0) is 20.3. The van der Waals surface area contributed by atoms with Crippen molar-refractivity contribution in [3.63, 3.8) is 0 Å². The predicted octanol–water partition coefficient (Wildman–Crippen LogP) is 2.56. The van der Waals surface area contributed by atoms with Crippen LogP contribution in [0.5, 0.6) is 11.5 Å². The number of rotatable bonds is 6. The number of hydrogen-bond donors (Lipinski definition) is 2. The SMILES string of the molecule is COc1cc(NS(=O)(=O)c2cc(-c3ccc(=O)[nH]n3)ccc2C)cc(OC)c1. The van der Waals surface area contributed by atoms with Gasteiger partial charge in [0.1, 0.15) is 11.5 Å². The Kier molecular flexibility index (Phi) is 5.36. The van der Waals surface area contributed by atoms with Gasteiger partial charge in [0, 0.05) is 29.8 Å². The molecular formula is C19H19N3O5S. The Morgan fingerprint density at radius 2 is 1.64 bits per heavy atom. The Labute approximate surface area is 162 Å². The van der Waals surface area contributed by atoms with E-state index in [9.17, 15) is 13.2 Å². The van der Waals surface area contributed by atoms with E-state index in [2.05, 4.69) is 14.9 Å². The van der Waals surface area contributed by atoms with Crippen LogP contribution in [0.2, 0.25) is 0 Å². The molecule has 9 heteroatoms. The van der Waals surface area contributed by atoms with Gasteiger partial charge in [-0.1, -0.05) is 12.1 Å². The van der Waals surface area contributed by atoms with Crippen LogP contribution >= 0.6 is 0 Å². The maximum atomic E-state index is 13.0. The summed E-state index contributed by atoms with van der Waals surface area (Å²) >= 11 is 0. The van der Waals surface area contributed by atoms with Gasteiger partial charge in [0.05, 0.1) is 30.5 Å². The Bertz CT molecular complexity index is 1130. The lowest BCUT2D eigenvalue weighted by molar-refractivity contribution is 0.395. The molecule has 0 aliphatic carbocycles. The number of anilines is 1. The van der Waals surface area contributed by atoms with Gasteiger partial charge in [-0.25, -0.2) is 13.5 Å². The molecule has 0 radical (unpaired) electrons. The van der Waals surface area contributed by atoms with Gasteiger partial charge < -0.3 is 9.47 Å². The smallest absolute Gasteiger partial charge is 0.264 e. The van der Waals surface area contributed by atoms with Crippen molar-refractivity contribution < 1.29 is 17.9 Å². The third-order valence-electron chi connectivity index (χ3n) is 4.06.